The van der Waals surface area contributed by atoms with E-state index in [9.17, 15) is 9.59 Å². The Balaban J connectivity index is 1.72. The number of nitrogens with one attached hydrogen (secondary N) is 1. The molecule has 4 rings (SSSR count). The SMILES string of the molecule is C[C@H]1CCCC[C@@H]1NC(=O)c1cc2cccnc2n(Cc2ccc(Cl)cc2)c1=O. The number of halogens is 1. The van der Waals surface area contributed by atoms with Gasteiger partial charge in [-0.3, -0.25) is 14.2 Å². The van der Waals surface area contributed by atoms with E-state index in [0.29, 0.717) is 23.1 Å². The van der Waals surface area contributed by atoms with Crippen LogP contribution in [0.3, 0.4) is 0 Å². The van der Waals surface area contributed by atoms with Crippen LogP contribution in [-0.4, -0.2) is 21.5 Å². The van der Waals surface area contributed by atoms with Gasteiger partial charge in [-0.05, 0) is 54.7 Å². The number of pyridine rings is 2. The smallest absolute Gasteiger partial charge is 0.265 e. The normalized spacial score (nSPS) is 19.2. The molecule has 1 amide bonds. The average Bonchev–Trinajstić information content (AvgIpc) is 2.73. The van der Waals surface area contributed by atoms with E-state index in [1.54, 1.807) is 29.0 Å². The van der Waals surface area contributed by atoms with Crippen LogP contribution in [0, 0.1) is 5.92 Å². The summed E-state index contributed by atoms with van der Waals surface area (Å²) in [7, 11) is 0. The van der Waals surface area contributed by atoms with E-state index < -0.39 is 0 Å². The van der Waals surface area contributed by atoms with E-state index >= 15 is 0 Å². The highest BCUT2D eigenvalue weighted by Gasteiger charge is 2.25. The standard InChI is InChI=1S/C23H24ClN3O2/c1-15-5-2-3-7-20(15)26-22(28)19-13-17-6-4-12-25-21(17)27(23(19)29)14-16-8-10-18(24)11-9-16/h4,6,8-13,15,20H,2-3,5,7,14H2,1H3,(H,26,28)/t15-,20-/m0/s1. The maximum Gasteiger partial charge on any atom is 0.265 e. The van der Waals surface area contributed by atoms with Crippen molar-refractivity contribution in [2.24, 2.45) is 5.92 Å². The summed E-state index contributed by atoms with van der Waals surface area (Å²) in [6.07, 6.45) is 6.03. The molecule has 1 N–H and O–H groups in total. The van der Waals surface area contributed by atoms with E-state index in [-0.39, 0.29) is 23.1 Å². The molecular weight excluding hydrogens is 386 g/mol. The summed E-state index contributed by atoms with van der Waals surface area (Å²) >= 11 is 5.98. The van der Waals surface area contributed by atoms with Crippen molar-refractivity contribution < 1.29 is 4.79 Å². The molecule has 0 aliphatic heterocycles. The predicted molar refractivity (Wildman–Crippen MR) is 115 cm³/mol. The van der Waals surface area contributed by atoms with Gasteiger partial charge in [0, 0.05) is 22.6 Å². The summed E-state index contributed by atoms with van der Waals surface area (Å²) in [4.78, 5) is 30.7. The van der Waals surface area contributed by atoms with Crippen LogP contribution in [0.2, 0.25) is 5.02 Å². The van der Waals surface area contributed by atoms with E-state index in [1.807, 2.05) is 24.3 Å². The Morgan fingerprint density at radius 1 is 1.21 bits per heavy atom. The maximum atomic E-state index is 13.3. The highest BCUT2D eigenvalue weighted by Crippen LogP contribution is 2.24. The number of carbonyl (C=O) groups excluding carboxylic acids is 1. The molecule has 1 fully saturated rings. The maximum absolute atomic E-state index is 13.3. The average molecular weight is 410 g/mol. The first kappa shape index (κ1) is 19.6. The molecule has 150 valence electrons. The summed E-state index contributed by atoms with van der Waals surface area (Å²) in [6.45, 7) is 2.48. The quantitative estimate of drug-likeness (QED) is 0.694. The van der Waals surface area contributed by atoms with Crippen LogP contribution in [-0.2, 0) is 6.54 Å². The fourth-order valence-electron chi connectivity index (χ4n) is 4.06. The molecule has 1 aromatic carbocycles. The summed E-state index contributed by atoms with van der Waals surface area (Å²) < 4.78 is 1.57. The zero-order valence-corrected chi connectivity index (χ0v) is 17.2. The van der Waals surface area contributed by atoms with E-state index in [4.69, 9.17) is 11.6 Å². The number of hydrogen-bond acceptors (Lipinski definition) is 3. The minimum Gasteiger partial charge on any atom is -0.349 e. The number of hydrogen-bond donors (Lipinski definition) is 1. The zero-order chi connectivity index (χ0) is 20.4. The molecule has 0 bridgehead atoms. The van der Waals surface area contributed by atoms with Gasteiger partial charge in [0.05, 0.1) is 6.54 Å². The van der Waals surface area contributed by atoms with Crippen LogP contribution in [0.15, 0.2) is 53.5 Å². The van der Waals surface area contributed by atoms with E-state index in [0.717, 1.165) is 30.2 Å². The molecule has 0 radical (unpaired) electrons. The van der Waals surface area contributed by atoms with Gasteiger partial charge in [-0.2, -0.15) is 0 Å². The number of aromatic nitrogens is 2. The lowest BCUT2D eigenvalue weighted by atomic mass is 9.86. The second-order valence-corrected chi connectivity index (χ2v) is 8.27. The predicted octanol–water partition coefficient (Wildman–Crippen LogP) is 4.41. The highest BCUT2D eigenvalue weighted by atomic mass is 35.5. The number of nitrogens with zero attached hydrogens (tertiary/aromatic N) is 2. The van der Waals surface area contributed by atoms with Crippen LogP contribution in [0.25, 0.3) is 11.0 Å². The van der Waals surface area contributed by atoms with Crippen molar-refractivity contribution in [1.82, 2.24) is 14.9 Å². The van der Waals surface area contributed by atoms with Crippen molar-refractivity contribution in [2.75, 3.05) is 0 Å². The molecule has 6 heteroatoms. The molecule has 2 heterocycles. The first-order valence-electron chi connectivity index (χ1n) is 10.1. The van der Waals surface area contributed by atoms with Gasteiger partial charge in [0.2, 0.25) is 0 Å². The monoisotopic (exact) mass is 409 g/mol. The molecule has 0 spiro atoms. The molecule has 2 atom stereocenters. The van der Waals surface area contributed by atoms with Crippen LogP contribution < -0.4 is 10.9 Å². The van der Waals surface area contributed by atoms with Gasteiger partial charge >= 0.3 is 0 Å². The minimum absolute atomic E-state index is 0.116. The van der Waals surface area contributed by atoms with Crippen molar-refractivity contribution in [2.45, 2.75) is 45.2 Å². The van der Waals surface area contributed by atoms with Gasteiger partial charge in [0.1, 0.15) is 11.2 Å². The second kappa shape index (κ2) is 8.37. The van der Waals surface area contributed by atoms with Crippen molar-refractivity contribution in [3.05, 3.63) is 75.2 Å². The summed E-state index contributed by atoms with van der Waals surface area (Å²) in [5, 5.41) is 4.50. The second-order valence-electron chi connectivity index (χ2n) is 7.83. The Labute approximate surface area is 174 Å². The Morgan fingerprint density at radius 3 is 2.72 bits per heavy atom. The van der Waals surface area contributed by atoms with Gasteiger partial charge < -0.3 is 5.32 Å². The first-order chi connectivity index (χ1) is 14.0. The van der Waals surface area contributed by atoms with Gasteiger partial charge in [0.15, 0.2) is 0 Å². The van der Waals surface area contributed by atoms with Crippen molar-refractivity contribution >= 4 is 28.5 Å². The molecular formula is C23H24ClN3O2. The lowest BCUT2D eigenvalue weighted by molar-refractivity contribution is 0.0908. The summed E-state index contributed by atoms with van der Waals surface area (Å²) in [5.74, 6) is 0.121. The minimum atomic E-state index is -0.327. The summed E-state index contributed by atoms with van der Waals surface area (Å²) in [5.41, 5.74) is 1.32. The lowest BCUT2D eigenvalue weighted by Crippen LogP contribution is -2.43. The Hall–Kier alpha value is -2.66. The third kappa shape index (κ3) is 4.20. The van der Waals surface area contributed by atoms with E-state index in [1.165, 1.54) is 6.42 Å². The first-order valence-corrected chi connectivity index (χ1v) is 10.4. The van der Waals surface area contributed by atoms with Crippen LogP contribution in [0.1, 0.15) is 48.5 Å². The third-order valence-corrected chi connectivity index (χ3v) is 6.03. The zero-order valence-electron chi connectivity index (χ0n) is 16.4. The van der Waals surface area contributed by atoms with E-state index in [2.05, 4.69) is 17.2 Å². The van der Waals surface area contributed by atoms with Gasteiger partial charge in [-0.15, -0.1) is 0 Å². The molecule has 1 aliphatic carbocycles. The van der Waals surface area contributed by atoms with Crippen LogP contribution in [0.4, 0.5) is 0 Å². The molecule has 0 saturated heterocycles. The number of fused-ring (bicyclic) bond motifs is 1. The molecule has 29 heavy (non-hydrogen) atoms. The van der Waals surface area contributed by atoms with Crippen LogP contribution in [0.5, 0.6) is 0 Å². The summed E-state index contributed by atoms with van der Waals surface area (Å²) in [6, 6.07) is 12.8. The van der Waals surface area contributed by atoms with Gasteiger partial charge in [-0.1, -0.05) is 43.5 Å². The molecule has 1 aliphatic rings. The number of carbonyl (C=O) groups is 1. The number of benzene rings is 1. The van der Waals surface area contributed by atoms with Crippen molar-refractivity contribution in [3.8, 4) is 0 Å². The number of amides is 1. The van der Waals surface area contributed by atoms with Crippen molar-refractivity contribution in [1.29, 1.82) is 0 Å². The Kier molecular flexibility index (Phi) is 5.67. The fraction of sp³-hybridized carbons (Fsp3) is 0.348. The number of rotatable bonds is 4. The molecule has 0 unspecified atom stereocenters. The topological polar surface area (TPSA) is 64.0 Å². The fourth-order valence-corrected chi connectivity index (χ4v) is 4.19. The molecule has 5 nitrogen and oxygen atoms in total. The van der Waals surface area contributed by atoms with Gasteiger partial charge in [-0.25, -0.2) is 4.98 Å². The lowest BCUT2D eigenvalue weighted by Gasteiger charge is -2.29. The highest BCUT2D eigenvalue weighted by molar-refractivity contribution is 6.30. The van der Waals surface area contributed by atoms with Crippen LogP contribution >= 0.6 is 11.6 Å². The Morgan fingerprint density at radius 2 is 1.97 bits per heavy atom. The largest absolute Gasteiger partial charge is 0.349 e. The van der Waals surface area contributed by atoms with Gasteiger partial charge in [0.25, 0.3) is 11.5 Å². The molecule has 1 saturated carbocycles. The molecule has 2 aromatic heterocycles. The molecule has 3 aromatic rings. The third-order valence-electron chi connectivity index (χ3n) is 5.77. The van der Waals surface area contributed by atoms with Crippen molar-refractivity contribution in [3.63, 3.8) is 0 Å². The Bertz CT molecular complexity index is 1090.